The molecule has 0 aromatic carbocycles. The fourth-order valence-corrected chi connectivity index (χ4v) is 1.92. The van der Waals surface area contributed by atoms with Crippen molar-refractivity contribution >= 4 is 21.6 Å². The van der Waals surface area contributed by atoms with E-state index < -0.39 is 4.92 Å². The van der Waals surface area contributed by atoms with Crippen molar-refractivity contribution in [3.8, 4) is 0 Å². The van der Waals surface area contributed by atoms with Gasteiger partial charge in [-0.3, -0.25) is 15.1 Å². The lowest BCUT2D eigenvalue weighted by atomic mass is 9.98. The number of pyridine rings is 1. The third-order valence-electron chi connectivity index (χ3n) is 2.68. The minimum absolute atomic E-state index is 0.0519. The van der Waals surface area contributed by atoms with Crippen molar-refractivity contribution in [2.45, 2.75) is 37.9 Å². The molecule has 0 aliphatic carbocycles. The molecule has 0 aliphatic rings. The Labute approximate surface area is 103 Å². The van der Waals surface area contributed by atoms with Crippen molar-refractivity contribution in [3.05, 3.63) is 33.6 Å². The Balaban J connectivity index is 3.03. The van der Waals surface area contributed by atoms with Crippen LogP contribution in [0.1, 0.15) is 37.4 Å². The summed E-state index contributed by atoms with van der Waals surface area (Å²) in [6.45, 7) is 6.03. The van der Waals surface area contributed by atoms with Crippen LogP contribution in [-0.2, 0) is 0 Å². The van der Waals surface area contributed by atoms with Crippen LogP contribution in [0.2, 0.25) is 0 Å². The number of nitro groups is 1. The molecule has 1 aromatic heterocycles. The fraction of sp³-hybridized carbons (Fsp3) is 0.545. The summed E-state index contributed by atoms with van der Waals surface area (Å²) in [5.74, 6) is 0.255. The van der Waals surface area contributed by atoms with Gasteiger partial charge in [0.05, 0.1) is 4.92 Å². The molecule has 0 bridgehead atoms. The van der Waals surface area contributed by atoms with E-state index in [1.165, 1.54) is 6.20 Å². The summed E-state index contributed by atoms with van der Waals surface area (Å²) < 4.78 is 0. The Hall–Kier alpha value is -0.970. The van der Waals surface area contributed by atoms with Crippen molar-refractivity contribution in [1.82, 2.24) is 4.98 Å². The number of halogens is 1. The third-order valence-corrected chi connectivity index (χ3v) is 4.12. The van der Waals surface area contributed by atoms with E-state index in [0.717, 1.165) is 17.7 Å². The minimum atomic E-state index is -0.417. The van der Waals surface area contributed by atoms with E-state index in [-0.39, 0.29) is 11.6 Å². The summed E-state index contributed by atoms with van der Waals surface area (Å²) in [7, 11) is 0. The maximum absolute atomic E-state index is 10.6. The van der Waals surface area contributed by atoms with Crippen LogP contribution < -0.4 is 0 Å². The van der Waals surface area contributed by atoms with Gasteiger partial charge in [-0.05, 0) is 18.9 Å². The highest BCUT2D eigenvalue weighted by molar-refractivity contribution is 9.09. The average Bonchev–Trinajstić information content (AvgIpc) is 2.26. The maximum Gasteiger partial charge on any atom is 0.287 e. The molecule has 0 spiro atoms. The van der Waals surface area contributed by atoms with E-state index in [4.69, 9.17) is 0 Å². The molecule has 1 rings (SSSR count). The lowest BCUT2D eigenvalue weighted by Gasteiger charge is -2.17. The molecule has 2 unspecified atom stereocenters. The quantitative estimate of drug-likeness (QED) is 0.483. The zero-order valence-electron chi connectivity index (χ0n) is 9.61. The standard InChI is InChI=1S/C11H15BrN2O2/c1-4-10(12)8(3)11-7(2)5-9(6-13-11)14(15)16/h5-6,8,10H,4H2,1-3H3. The summed E-state index contributed by atoms with van der Waals surface area (Å²) in [4.78, 5) is 14.7. The van der Waals surface area contributed by atoms with Crippen LogP contribution in [0.25, 0.3) is 0 Å². The van der Waals surface area contributed by atoms with Gasteiger partial charge in [-0.15, -0.1) is 0 Å². The van der Waals surface area contributed by atoms with Crippen molar-refractivity contribution in [2.75, 3.05) is 0 Å². The molecule has 0 fully saturated rings. The molecule has 0 aliphatic heterocycles. The Bertz CT molecular complexity index is 396. The molecule has 1 aromatic rings. The zero-order chi connectivity index (χ0) is 12.3. The highest BCUT2D eigenvalue weighted by Crippen LogP contribution is 2.28. The summed E-state index contributed by atoms with van der Waals surface area (Å²) in [6, 6.07) is 1.58. The molecule has 1 heterocycles. The molecular weight excluding hydrogens is 272 g/mol. The molecule has 88 valence electrons. The van der Waals surface area contributed by atoms with Gasteiger partial charge in [-0.25, -0.2) is 0 Å². The van der Waals surface area contributed by atoms with Gasteiger partial charge >= 0.3 is 0 Å². The summed E-state index contributed by atoms with van der Waals surface area (Å²) >= 11 is 3.59. The number of aryl methyl sites for hydroxylation is 1. The van der Waals surface area contributed by atoms with Crippen LogP contribution in [0.4, 0.5) is 5.69 Å². The second-order valence-electron chi connectivity index (χ2n) is 3.87. The predicted molar refractivity (Wildman–Crippen MR) is 67.0 cm³/mol. The first-order valence-corrected chi connectivity index (χ1v) is 6.14. The molecule has 0 amide bonds. The first-order valence-electron chi connectivity index (χ1n) is 5.22. The highest BCUT2D eigenvalue weighted by Gasteiger charge is 2.19. The second-order valence-corrected chi connectivity index (χ2v) is 5.04. The monoisotopic (exact) mass is 286 g/mol. The van der Waals surface area contributed by atoms with Gasteiger partial charge in [0.25, 0.3) is 5.69 Å². The number of nitrogens with zero attached hydrogens (tertiary/aromatic N) is 2. The highest BCUT2D eigenvalue weighted by atomic mass is 79.9. The smallest absolute Gasteiger partial charge is 0.258 e. The predicted octanol–water partition coefficient (Wildman–Crippen LogP) is 3.58. The van der Waals surface area contributed by atoms with Crippen LogP contribution in [-0.4, -0.2) is 14.7 Å². The van der Waals surface area contributed by atoms with Crippen LogP contribution in [0.3, 0.4) is 0 Å². The van der Waals surface area contributed by atoms with Gasteiger partial charge in [0.1, 0.15) is 6.20 Å². The molecule has 5 heteroatoms. The van der Waals surface area contributed by atoms with Crippen molar-refractivity contribution in [1.29, 1.82) is 0 Å². The van der Waals surface area contributed by atoms with Gasteiger partial charge in [0, 0.05) is 22.5 Å². The Morgan fingerprint density at radius 1 is 1.62 bits per heavy atom. The van der Waals surface area contributed by atoms with E-state index in [0.29, 0.717) is 4.83 Å². The van der Waals surface area contributed by atoms with E-state index >= 15 is 0 Å². The molecule has 2 atom stereocenters. The van der Waals surface area contributed by atoms with Crippen LogP contribution in [0.5, 0.6) is 0 Å². The van der Waals surface area contributed by atoms with Crippen LogP contribution in [0, 0.1) is 17.0 Å². The Morgan fingerprint density at radius 3 is 2.69 bits per heavy atom. The number of rotatable bonds is 4. The lowest BCUT2D eigenvalue weighted by Crippen LogP contribution is -2.11. The van der Waals surface area contributed by atoms with Crippen molar-refractivity contribution < 1.29 is 4.92 Å². The SMILES string of the molecule is CCC(Br)C(C)c1ncc([N+](=O)[O-])cc1C. The topological polar surface area (TPSA) is 56.0 Å². The molecule has 0 N–H and O–H groups in total. The molecular formula is C11H15BrN2O2. The molecule has 0 saturated carbocycles. The number of aromatic nitrogens is 1. The lowest BCUT2D eigenvalue weighted by molar-refractivity contribution is -0.385. The van der Waals surface area contributed by atoms with E-state index in [9.17, 15) is 10.1 Å². The minimum Gasteiger partial charge on any atom is -0.258 e. The summed E-state index contributed by atoms with van der Waals surface area (Å²) in [5.41, 5.74) is 1.85. The van der Waals surface area contributed by atoms with Gasteiger partial charge in [0.15, 0.2) is 0 Å². The van der Waals surface area contributed by atoms with Gasteiger partial charge < -0.3 is 0 Å². The number of hydrogen-bond donors (Lipinski definition) is 0. The van der Waals surface area contributed by atoms with E-state index in [1.54, 1.807) is 6.07 Å². The molecule has 4 nitrogen and oxygen atoms in total. The number of hydrogen-bond acceptors (Lipinski definition) is 3. The Kier molecular flexibility index (Phi) is 4.41. The van der Waals surface area contributed by atoms with Crippen LogP contribution >= 0.6 is 15.9 Å². The summed E-state index contributed by atoms with van der Waals surface area (Å²) in [5, 5.41) is 10.6. The average molecular weight is 287 g/mol. The van der Waals surface area contributed by atoms with Crippen LogP contribution in [0.15, 0.2) is 12.3 Å². The number of alkyl halides is 1. The van der Waals surface area contributed by atoms with Gasteiger partial charge in [-0.1, -0.05) is 29.8 Å². The zero-order valence-corrected chi connectivity index (χ0v) is 11.2. The first-order chi connectivity index (χ1) is 7.47. The normalized spacial score (nSPS) is 14.5. The van der Waals surface area contributed by atoms with E-state index in [1.807, 2.05) is 6.92 Å². The van der Waals surface area contributed by atoms with E-state index in [2.05, 4.69) is 34.8 Å². The van der Waals surface area contributed by atoms with Gasteiger partial charge in [0.2, 0.25) is 0 Å². The first kappa shape index (κ1) is 13.1. The molecule has 0 saturated heterocycles. The Morgan fingerprint density at radius 2 is 2.25 bits per heavy atom. The maximum atomic E-state index is 10.6. The molecule has 0 radical (unpaired) electrons. The van der Waals surface area contributed by atoms with Crippen molar-refractivity contribution in [3.63, 3.8) is 0 Å². The fourth-order valence-electron chi connectivity index (χ4n) is 1.67. The molecule has 16 heavy (non-hydrogen) atoms. The summed E-state index contributed by atoms with van der Waals surface area (Å²) in [6.07, 6.45) is 2.33. The third kappa shape index (κ3) is 2.78. The van der Waals surface area contributed by atoms with Gasteiger partial charge in [-0.2, -0.15) is 0 Å². The second kappa shape index (κ2) is 5.39. The van der Waals surface area contributed by atoms with Crippen molar-refractivity contribution in [2.24, 2.45) is 0 Å². The largest absolute Gasteiger partial charge is 0.287 e.